The Labute approximate surface area is 148 Å². The minimum atomic E-state index is -4.73. The van der Waals surface area contributed by atoms with E-state index >= 15 is 0 Å². The molecule has 0 aliphatic carbocycles. The second-order valence-electron chi connectivity index (χ2n) is 5.08. The van der Waals surface area contributed by atoms with Gasteiger partial charge in [-0.1, -0.05) is 36.4 Å². The first-order chi connectivity index (χ1) is 11.9. The molecule has 0 fully saturated rings. The molecule has 0 saturated carbocycles. The van der Waals surface area contributed by atoms with E-state index in [1.807, 2.05) is 0 Å². The van der Waals surface area contributed by atoms with Crippen molar-refractivity contribution in [2.45, 2.75) is 14.7 Å². The van der Waals surface area contributed by atoms with Gasteiger partial charge >= 0.3 is 0 Å². The van der Waals surface area contributed by atoms with Crippen molar-refractivity contribution in [1.29, 1.82) is 0 Å². The third kappa shape index (κ3) is 3.85. The molecule has 4 nitrogen and oxygen atoms in total. The summed E-state index contributed by atoms with van der Waals surface area (Å²) in [7, 11) is -7.62. The molecule has 0 saturated heterocycles. The van der Waals surface area contributed by atoms with Gasteiger partial charge in [-0.05, 0) is 48.5 Å². The summed E-state index contributed by atoms with van der Waals surface area (Å²) in [6.07, 6.45) is 0. The number of halogens is 2. The van der Waals surface area contributed by atoms with Crippen molar-refractivity contribution in [2.75, 3.05) is 0 Å². The van der Waals surface area contributed by atoms with E-state index < -0.39 is 26.4 Å². The minimum absolute atomic E-state index is 0.401. The summed E-state index contributed by atoms with van der Waals surface area (Å²) >= 11 is 0. The van der Waals surface area contributed by atoms with Gasteiger partial charge in [0.05, 0.1) is 20.6 Å². The van der Waals surface area contributed by atoms with Gasteiger partial charge in [0.2, 0.25) is 0 Å². The van der Waals surface area contributed by atoms with Crippen LogP contribution in [0.5, 0.6) is 0 Å². The van der Waals surface area contributed by atoms with Crippen molar-refractivity contribution in [3.8, 4) is 0 Å². The second-order valence-corrected chi connectivity index (χ2v) is 8.86. The third-order valence-corrected chi connectivity index (χ3v) is 7.65. The van der Waals surface area contributed by atoms with Crippen LogP contribution in [0.15, 0.2) is 99.6 Å². The molecule has 0 amide bonds. The number of benzene rings is 3. The summed E-state index contributed by atoms with van der Waals surface area (Å²) in [5, 5.41) is 0. The zero-order valence-electron chi connectivity index (χ0n) is 12.9. The lowest BCUT2D eigenvalue weighted by Gasteiger charge is -2.34. The first-order valence-electron chi connectivity index (χ1n) is 7.23. The molecule has 0 atom stereocenters. The molecule has 3 rings (SSSR count). The molecule has 3 aromatic carbocycles. The Bertz CT molecular complexity index is 784. The molecule has 25 heavy (non-hydrogen) atoms. The van der Waals surface area contributed by atoms with Crippen molar-refractivity contribution in [3.63, 3.8) is 0 Å². The van der Waals surface area contributed by atoms with E-state index in [4.69, 9.17) is 3.74 Å². The topological polar surface area (TPSA) is 78.4 Å². The fourth-order valence-corrected chi connectivity index (χ4v) is 6.70. The van der Waals surface area contributed by atoms with Crippen molar-refractivity contribution >= 4 is 10.3 Å². The number of hydrogen-bond acceptors (Lipinski definition) is 4. The minimum Gasteiger partial charge on any atom is -0.207 e. The summed E-state index contributed by atoms with van der Waals surface area (Å²) in [6, 6.07) is 22.5. The first kappa shape index (κ1) is 17.9. The highest BCUT2D eigenvalue weighted by atomic mass is 35.7. The molecule has 0 N–H and O–H groups in total. The van der Waals surface area contributed by atoms with Crippen LogP contribution in [0.1, 0.15) is 0 Å². The Morgan fingerprint density at radius 2 is 1.04 bits per heavy atom. The SMILES string of the molecule is [O-][Cl+3]([O-])([O-])OS(c1ccccc1)(c1ccccc1)c1ccc(F)cc1. The molecule has 0 spiro atoms. The van der Waals surface area contributed by atoms with Gasteiger partial charge in [0.15, 0.2) is 0 Å². The van der Waals surface area contributed by atoms with Gasteiger partial charge in [0.1, 0.15) is 9.55 Å². The molecule has 0 radical (unpaired) electrons. The smallest absolute Gasteiger partial charge is 0.134 e. The maximum Gasteiger partial charge on any atom is 0.134 e. The number of rotatable bonds is 5. The lowest BCUT2D eigenvalue weighted by molar-refractivity contribution is -1.91. The predicted octanol–water partition coefficient (Wildman–Crippen LogP) is 1.94. The average Bonchev–Trinajstić information content (AvgIpc) is 2.61. The van der Waals surface area contributed by atoms with Crippen LogP contribution >= 0.6 is 10.3 Å². The molecule has 0 unspecified atom stereocenters. The molecule has 130 valence electrons. The summed E-state index contributed by atoms with van der Waals surface area (Å²) in [5.41, 5.74) is 0. The lowest BCUT2D eigenvalue weighted by atomic mass is 10.3. The van der Waals surface area contributed by atoms with Gasteiger partial charge < -0.3 is 0 Å². The largest absolute Gasteiger partial charge is 0.207 e. The van der Waals surface area contributed by atoms with Crippen LogP contribution in [0, 0.1) is 16.1 Å². The molecule has 0 heterocycles. The molecular formula is C18H14ClFO4S. The van der Waals surface area contributed by atoms with Crippen LogP contribution in [-0.4, -0.2) is 0 Å². The van der Waals surface area contributed by atoms with E-state index in [2.05, 4.69) is 0 Å². The Hall–Kier alpha value is -1.93. The third-order valence-electron chi connectivity index (χ3n) is 3.47. The van der Waals surface area contributed by atoms with Crippen LogP contribution < -0.4 is 14.0 Å². The maximum atomic E-state index is 13.4. The van der Waals surface area contributed by atoms with Crippen LogP contribution in [0.25, 0.3) is 0 Å². The molecule has 0 aromatic heterocycles. The van der Waals surface area contributed by atoms with E-state index in [-0.39, 0.29) is 0 Å². The van der Waals surface area contributed by atoms with Crippen LogP contribution in [0.4, 0.5) is 4.39 Å². The Kier molecular flexibility index (Phi) is 5.10. The fraction of sp³-hybridized carbons (Fsp3) is 0. The summed E-state index contributed by atoms with van der Waals surface area (Å²) in [6.45, 7) is 0. The highest BCUT2D eigenvalue weighted by Crippen LogP contribution is 2.69. The second kappa shape index (κ2) is 7.13. The van der Waals surface area contributed by atoms with E-state index in [9.17, 15) is 18.4 Å². The van der Waals surface area contributed by atoms with E-state index in [1.54, 1.807) is 60.7 Å². The summed E-state index contributed by atoms with van der Waals surface area (Å²) in [4.78, 5) is 1.43. The Morgan fingerprint density at radius 3 is 1.44 bits per heavy atom. The standard InChI is InChI=1S/C18H14ClFO4S/c20-15-11-13-18(14-12-15)25(24-19(21,22)23,16-7-3-1-4-8-16)17-9-5-2-6-10-17/h1-14H. The Balaban J connectivity index is 2.33. The van der Waals surface area contributed by atoms with Gasteiger partial charge in [-0.2, -0.15) is 14.0 Å². The maximum absolute atomic E-state index is 13.4. The average molecular weight is 381 g/mol. The first-order valence-corrected chi connectivity index (χ1v) is 10.0. The molecule has 0 aliphatic heterocycles. The normalized spacial score (nSPS) is 12.8. The summed E-state index contributed by atoms with van der Waals surface area (Å²) < 4.78 is 53.3. The van der Waals surface area contributed by atoms with Gasteiger partial charge in [0, 0.05) is 14.7 Å². The van der Waals surface area contributed by atoms with E-state index in [0.29, 0.717) is 14.7 Å². The number of hydrogen-bond donors (Lipinski definition) is 0. The molecular weight excluding hydrogens is 367 g/mol. The summed E-state index contributed by atoms with van der Waals surface area (Å²) in [5.74, 6) is -0.472. The Morgan fingerprint density at radius 1 is 0.640 bits per heavy atom. The highest BCUT2D eigenvalue weighted by Gasteiger charge is 2.46. The zero-order valence-corrected chi connectivity index (χ0v) is 14.5. The van der Waals surface area contributed by atoms with Gasteiger partial charge in [-0.25, -0.2) is 4.39 Å². The van der Waals surface area contributed by atoms with Gasteiger partial charge in [-0.3, -0.25) is 0 Å². The van der Waals surface area contributed by atoms with Crippen molar-refractivity contribution in [3.05, 3.63) is 90.7 Å². The van der Waals surface area contributed by atoms with Crippen LogP contribution in [-0.2, 0) is 3.74 Å². The van der Waals surface area contributed by atoms with E-state index in [0.717, 1.165) is 0 Å². The van der Waals surface area contributed by atoms with Crippen LogP contribution in [0.2, 0.25) is 0 Å². The van der Waals surface area contributed by atoms with E-state index in [1.165, 1.54) is 24.3 Å². The van der Waals surface area contributed by atoms with Crippen LogP contribution in [0.3, 0.4) is 0 Å². The fourth-order valence-electron chi connectivity index (χ4n) is 2.48. The zero-order chi connectivity index (χ0) is 17.9. The highest BCUT2D eigenvalue weighted by molar-refractivity contribution is 8.29. The molecule has 7 heteroatoms. The quantitative estimate of drug-likeness (QED) is 0.677. The molecule has 0 bridgehead atoms. The van der Waals surface area contributed by atoms with Gasteiger partial charge in [-0.15, -0.1) is 0 Å². The predicted molar refractivity (Wildman–Crippen MR) is 82.8 cm³/mol. The monoisotopic (exact) mass is 380 g/mol. The van der Waals surface area contributed by atoms with Gasteiger partial charge in [0.25, 0.3) is 0 Å². The van der Waals surface area contributed by atoms with Crippen molar-refractivity contribution < 1.29 is 32.3 Å². The lowest BCUT2D eigenvalue weighted by Crippen LogP contribution is -2.61. The van der Waals surface area contributed by atoms with Crippen molar-refractivity contribution in [2.24, 2.45) is 0 Å². The molecule has 3 aromatic rings. The van der Waals surface area contributed by atoms with Crippen molar-refractivity contribution in [1.82, 2.24) is 0 Å². The molecule has 0 aliphatic rings.